The summed E-state index contributed by atoms with van der Waals surface area (Å²) >= 11 is 1.79. The van der Waals surface area contributed by atoms with Gasteiger partial charge in [-0.1, -0.05) is 6.92 Å². The third kappa shape index (κ3) is 3.06. The second-order valence-electron chi connectivity index (χ2n) is 4.71. The summed E-state index contributed by atoms with van der Waals surface area (Å²) in [6.07, 6.45) is 3.65. The van der Waals surface area contributed by atoms with Crippen LogP contribution in [0.5, 0.6) is 0 Å². The van der Waals surface area contributed by atoms with Crippen LogP contribution in [0.25, 0.3) is 0 Å². The Labute approximate surface area is 102 Å². The third-order valence-electron chi connectivity index (χ3n) is 3.46. The largest absolute Gasteiger partial charge is 0.381 e. The molecule has 2 heterocycles. The van der Waals surface area contributed by atoms with Crippen LogP contribution in [0.15, 0.2) is 16.8 Å². The maximum Gasteiger partial charge on any atom is 0.0535 e. The van der Waals surface area contributed by atoms with Crippen molar-refractivity contribution >= 4 is 11.3 Å². The molecular formula is C13H21NOS. The highest BCUT2D eigenvalue weighted by Gasteiger charge is 2.33. The molecule has 1 fully saturated rings. The predicted octanol–water partition coefficient (Wildman–Crippen LogP) is 2.70. The molecule has 16 heavy (non-hydrogen) atoms. The number of rotatable bonds is 6. The molecule has 0 aliphatic carbocycles. The maximum absolute atomic E-state index is 5.59. The van der Waals surface area contributed by atoms with Crippen molar-refractivity contribution < 1.29 is 4.74 Å². The Kier molecular flexibility index (Phi) is 4.38. The zero-order chi connectivity index (χ0) is 11.3. The van der Waals surface area contributed by atoms with Gasteiger partial charge >= 0.3 is 0 Å². The fourth-order valence-electron chi connectivity index (χ4n) is 2.31. The standard InChI is InChI=1S/C13H21NOS/c1-2-14-10-13(6-7-15-11-13)5-3-12-4-8-16-9-12/h4,8-9,14H,2-3,5-7,10-11H2,1H3. The molecule has 1 aromatic heterocycles. The Hall–Kier alpha value is -0.380. The van der Waals surface area contributed by atoms with Crippen molar-refractivity contribution in [3.8, 4) is 0 Å². The number of aryl methyl sites for hydroxylation is 1. The van der Waals surface area contributed by atoms with E-state index in [4.69, 9.17) is 4.74 Å². The van der Waals surface area contributed by atoms with E-state index in [1.165, 1.54) is 24.8 Å². The molecule has 2 rings (SSSR count). The van der Waals surface area contributed by atoms with Gasteiger partial charge in [-0.2, -0.15) is 11.3 Å². The molecule has 0 aromatic carbocycles. The van der Waals surface area contributed by atoms with Crippen LogP contribution in [0, 0.1) is 5.41 Å². The van der Waals surface area contributed by atoms with E-state index in [1.54, 1.807) is 11.3 Å². The van der Waals surface area contributed by atoms with Gasteiger partial charge in [0.2, 0.25) is 0 Å². The van der Waals surface area contributed by atoms with E-state index in [2.05, 4.69) is 29.1 Å². The predicted molar refractivity (Wildman–Crippen MR) is 69.1 cm³/mol. The number of nitrogens with one attached hydrogen (secondary N) is 1. The molecule has 1 aliphatic heterocycles. The Balaban J connectivity index is 1.87. The molecule has 1 N–H and O–H groups in total. The maximum atomic E-state index is 5.59. The van der Waals surface area contributed by atoms with Crippen molar-refractivity contribution in [1.82, 2.24) is 5.32 Å². The molecule has 90 valence electrons. The number of hydrogen-bond acceptors (Lipinski definition) is 3. The average molecular weight is 239 g/mol. The van der Waals surface area contributed by atoms with Crippen LogP contribution in [0.2, 0.25) is 0 Å². The van der Waals surface area contributed by atoms with Crippen molar-refractivity contribution in [1.29, 1.82) is 0 Å². The molecule has 3 heteroatoms. The molecule has 1 aromatic rings. The fourth-order valence-corrected chi connectivity index (χ4v) is 3.01. The number of thiophene rings is 1. The fraction of sp³-hybridized carbons (Fsp3) is 0.692. The van der Waals surface area contributed by atoms with Crippen LogP contribution in [0.4, 0.5) is 0 Å². The van der Waals surface area contributed by atoms with E-state index >= 15 is 0 Å². The summed E-state index contributed by atoms with van der Waals surface area (Å²) in [6, 6.07) is 2.24. The lowest BCUT2D eigenvalue weighted by Crippen LogP contribution is -2.35. The van der Waals surface area contributed by atoms with Gasteiger partial charge in [0.1, 0.15) is 0 Å². The Morgan fingerprint density at radius 2 is 2.50 bits per heavy atom. The molecule has 0 amide bonds. The topological polar surface area (TPSA) is 21.3 Å². The van der Waals surface area contributed by atoms with Gasteiger partial charge in [0.05, 0.1) is 6.61 Å². The second kappa shape index (κ2) is 5.80. The van der Waals surface area contributed by atoms with Crippen LogP contribution in [0.1, 0.15) is 25.3 Å². The van der Waals surface area contributed by atoms with Crippen LogP contribution in [0.3, 0.4) is 0 Å². The quantitative estimate of drug-likeness (QED) is 0.824. The van der Waals surface area contributed by atoms with Crippen LogP contribution >= 0.6 is 11.3 Å². The lowest BCUT2D eigenvalue weighted by atomic mass is 9.81. The van der Waals surface area contributed by atoms with Gasteiger partial charge in [0.15, 0.2) is 0 Å². The highest BCUT2D eigenvalue weighted by molar-refractivity contribution is 7.07. The number of hydrogen-bond donors (Lipinski definition) is 1. The van der Waals surface area contributed by atoms with Crippen molar-refractivity contribution in [3.63, 3.8) is 0 Å². The molecule has 0 saturated carbocycles. The Morgan fingerprint density at radius 3 is 3.12 bits per heavy atom. The minimum Gasteiger partial charge on any atom is -0.381 e. The lowest BCUT2D eigenvalue weighted by molar-refractivity contribution is 0.144. The Morgan fingerprint density at radius 1 is 1.56 bits per heavy atom. The highest BCUT2D eigenvalue weighted by Crippen LogP contribution is 2.33. The van der Waals surface area contributed by atoms with Crippen molar-refractivity contribution in [2.24, 2.45) is 5.41 Å². The summed E-state index contributed by atoms with van der Waals surface area (Å²) in [5, 5.41) is 7.91. The summed E-state index contributed by atoms with van der Waals surface area (Å²) in [6.45, 7) is 6.20. The van der Waals surface area contributed by atoms with Crippen LogP contribution < -0.4 is 5.32 Å². The smallest absolute Gasteiger partial charge is 0.0535 e. The van der Waals surface area contributed by atoms with Crippen LogP contribution in [-0.2, 0) is 11.2 Å². The minimum atomic E-state index is 0.387. The van der Waals surface area contributed by atoms with E-state index in [9.17, 15) is 0 Å². The van der Waals surface area contributed by atoms with E-state index < -0.39 is 0 Å². The van der Waals surface area contributed by atoms with Crippen LogP contribution in [-0.4, -0.2) is 26.3 Å². The first-order chi connectivity index (χ1) is 7.85. The Bertz CT molecular complexity index is 291. The normalized spacial score (nSPS) is 25.1. The van der Waals surface area contributed by atoms with Crippen molar-refractivity contribution in [3.05, 3.63) is 22.4 Å². The molecule has 0 spiro atoms. The molecular weight excluding hydrogens is 218 g/mol. The molecule has 0 bridgehead atoms. The molecule has 1 saturated heterocycles. The summed E-state index contributed by atoms with van der Waals surface area (Å²) in [7, 11) is 0. The monoisotopic (exact) mass is 239 g/mol. The zero-order valence-electron chi connectivity index (χ0n) is 10.00. The SMILES string of the molecule is CCNCC1(CCc2ccsc2)CCOC1. The van der Waals surface area contributed by atoms with Gasteiger partial charge in [0, 0.05) is 18.6 Å². The zero-order valence-corrected chi connectivity index (χ0v) is 10.8. The lowest BCUT2D eigenvalue weighted by Gasteiger charge is -2.27. The van der Waals surface area contributed by atoms with Gasteiger partial charge in [-0.05, 0) is 48.2 Å². The molecule has 1 atom stereocenters. The molecule has 1 aliphatic rings. The number of ether oxygens (including phenoxy) is 1. The van der Waals surface area contributed by atoms with E-state index in [0.29, 0.717) is 5.41 Å². The van der Waals surface area contributed by atoms with Gasteiger partial charge in [0.25, 0.3) is 0 Å². The summed E-state index contributed by atoms with van der Waals surface area (Å²) in [4.78, 5) is 0. The minimum absolute atomic E-state index is 0.387. The third-order valence-corrected chi connectivity index (χ3v) is 4.19. The molecule has 2 nitrogen and oxygen atoms in total. The van der Waals surface area contributed by atoms with Gasteiger partial charge in [-0.25, -0.2) is 0 Å². The molecule has 1 unspecified atom stereocenters. The summed E-state index contributed by atoms with van der Waals surface area (Å²) in [5.41, 5.74) is 1.87. The summed E-state index contributed by atoms with van der Waals surface area (Å²) in [5.74, 6) is 0. The first-order valence-electron chi connectivity index (χ1n) is 6.14. The van der Waals surface area contributed by atoms with Gasteiger partial charge < -0.3 is 10.1 Å². The average Bonchev–Trinajstić information content (AvgIpc) is 2.96. The first kappa shape index (κ1) is 12.1. The highest BCUT2D eigenvalue weighted by atomic mass is 32.1. The van der Waals surface area contributed by atoms with Crippen molar-refractivity contribution in [2.75, 3.05) is 26.3 Å². The van der Waals surface area contributed by atoms with Crippen molar-refractivity contribution in [2.45, 2.75) is 26.2 Å². The first-order valence-corrected chi connectivity index (χ1v) is 7.08. The second-order valence-corrected chi connectivity index (χ2v) is 5.49. The summed E-state index contributed by atoms with van der Waals surface area (Å²) < 4.78 is 5.59. The van der Waals surface area contributed by atoms with E-state index in [-0.39, 0.29) is 0 Å². The van der Waals surface area contributed by atoms with Gasteiger partial charge in [-0.3, -0.25) is 0 Å². The molecule has 0 radical (unpaired) electrons. The van der Waals surface area contributed by atoms with E-state index in [1.807, 2.05) is 0 Å². The van der Waals surface area contributed by atoms with E-state index in [0.717, 1.165) is 26.3 Å². The van der Waals surface area contributed by atoms with Gasteiger partial charge in [-0.15, -0.1) is 0 Å².